The molecule has 0 spiro atoms. The molecule has 4 N–H and O–H groups in total. The Hall–Kier alpha value is -5.13. The predicted octanol–water partition coefficient (Wildman–Crippen LogP) is 7.74. The number of fused-ring (bicyclic) bond motifs is 1. The molecule has 0 aliphatic carbocycles. The number of nitrogens with one attached hydrogen (secondary N) is 4. The summed E-state index contributed by atoms with van der Waals surface area (Å²) in [5.41, 5.74) is 2.86. The Morgan fingerprint density at radius 3 is 2.31 bits per heavy atom. The number of alkyl halides is 3. The molecule has 1 aromatic heterocycles. The van der Waals surface area contributed by atoms with Crippen LogP contribution < -0.4 is 21.3 Å². The van der Waals surface area contributed by atoms with Crippen molar-refractivity contribution in [3.05, 3.63) is 107 Å². The standard InChI is InChI=1S/C30H26F4N6O2/c1-2-18-3-5-19(6-4-18)16-40-17-23-25(13-14-35-27(23)39-29(40)42)36-21-8-10-22(11-9-21)37-28(41)38-26-12-7-20(31)15-24(26)30(32,33)34/h3-15H,2,16-17H2,1H3,(H2,37,38,41)(H2,35,36,39,42). The molecule has 8 nitrogen and oxygen atoms in total. The molecule has 4 amide bonds. The molecule has 216 valence electrons. The average Bonchev–Trinajstić information content (AvgIpc) is 2.95. The zero-order valence-electron chi connectivity index (χ0n) is 22.3. The molecule has 1 aliphatic heterocycles. The molecule has 4 aromatic rings. The van der Waals surface area contributed by atoms with E-state index in [1.165, 1.54) is 5.56 Å². The minimum Gasteiger partial charge on any atom is -0.355 e. The fraction of sp³-hybridized carbons (Fsp3) is 0.167. The van der Waals surface area contributed by atoms with E-state index in [-0.39, 0.29) is 6.03 Å². The largest absolute Gasteiger partial charge is 0.418 e. The maximum absolute atomic E-state index is 13.3. The molecule has 0 fully saturated rings. The van der Waals surface area contributed by atoms with Crippen LogP contribution in [0, 0.1) is 5.82 Å². The first kappa shape index (κ1) is 28.4. The Morgan fingerprint density at radius 2 is 1.62 bits per heavy atom. The maximum Gasteiger partial charge on any atom is 0.418 e. The van der Waals surface area contributed by atoms with Crippen molar-refractivity contribution in [1.82, 2.24) is 9.88 Å². The molecule has 0 saturated heterocycles. The van der Waals surface area contributed by atoms with Gasteiger partial charge < -0.3 is 20.9 Å². The molecule has 42 heavy (non-hydrogen) atoms. The number of aryl methyl sites for hydroxylation is 1. The number of carbonyl (C=O) groups is 2. The zero-order valence-corrected chi connectivity index (χ0v) is 22.3. The molecule has 12 heteroatoms. The summed E-state index contributed by atoms with van der Waals surface area (Å²) in [5.74, 6) is -0.611. The van der Waals surface area contributed by atoms with Crippen LogP contribution in [0.3, 0.4) is 0 Å². The van der Waals surface area contributed by atoms with Crippen molar-refractivity contribution in [2.24, 2.45) is 0 Å². The van der Waals surface area contributed by atoms with Gasteiger partial charge in [0.05, 0.1) is 17.8 Å². The van der Waals surface area contributed by atoms with Crippen molar-refractivity contribution in [1.29, 1.82) is 0 Å². The maximum atomic E-state index is 13.3. The topological polar surface area (TPSA) is 98.4 Å². The molecule has 5 rings (SSSR count). The molecule has 0 bridgehead atoms. The monoisotopic (exact) mass is 578 g/mol. The lowest BCUT2D eigenvalue weighted by molar-refractivity contribution is -0.137. The summed E-state index contributed by atoms with van der Waals surface area (Å²) >= 11 is 0. The second-order valence-electron chi connectivity index (χ2n) is 9.61. The van der Waals surface area contributed by atoms with E-state index in [0.29, 0.717) is 36.3 Å². The third-order valence-electron chi connectivity index (χ3n) is 6.68. The number of pyridine rings is 1. The van der Waals surface area contributed by atoms with Gasteiger partial charge in [-0.2, -0.15) is 13.2 Å². The highest BCUT2D eigenvalue weighted by molar-refractivity contribution is 6.00. The van der Waals surface area contributed by atoms with E-state index in [1.807, 2.05) is 24.3 Å². The van der Waals surface area contributed by atoms with E-state index in [2.05, 4.69) is 33.2 Å². The number of benzene rings is 3. The van der Waals surface area contributed by atoms with E-state index < -0.39 is 29.3 Å². The molecule has 1 aliphatic rings. The van der Waals surface area contributed by atoms with Crippen LogP contribution >= 0.6 is 0 Å². The first-order valence-electron chi connectivity index (χ1n) is 13.0. The molecule has 0 radical (unpaired) electrons. The van der Waals surface area contributed by atoms with E-state index in [0.717, 1.165) is 35.4 Å². The smallest absolute Gasteiger partial charge is 0.355 e. The molecular weight excluding hydrogens is 552 g/mol. The summed E-state index contributed by atoms with van der Waals surface area (Å²) in [7, 11) is 0. The van der Waals surface area contributed by atoms with Crippen molar-refractivity contribution in [2.45, 2.75) is 32.6 Å². The third kappa shape index (κ3) is 6.60. The number of rotatable bonds is 7. The Bertz CT molecular complexity index is 1610. The summed E-state index contributed by atoms with van der Waals surface area (Å²) in [6.07, 6.45) is -2.34. The molecule has 0 unspecified atom stereocenters. The summed E-state index contributed by atoms with van der Waals surface area (Å²) in [6.45, 7) is 2.84. The first-order valence-corrected chi connectivity index (χ1v) is 13.0. The van der Waals surface area contributed by atoms with Crippen molar-refractivity contribution >= 4 is 40.6 Å². The van der Waals surface area contributed by atoms with Crippen molar-refractivity contribution in [2.75, 3.05) is 21.3 Å². The number of hydrogen-bond donors (Lipinski definition) is 4. The summed E-state index contributed by atoms with van der Waals surface area (Å²) in [4.78, 5) is 31.1. The van der Waals surface area contributed by atoms with E-state index >= 15 is 0 Å². The van der Waals surface area contributed by atoms with E-state index in [4.69, 9.17) is 0 Å². The average molecular weight is 579 g/mol. The zero-order chi connectivity index (χ0) is 29.9. The third-order valence-corrected chi connectivity index (χ3v) is 6.68. The lowest BCUT2D eigenvalue weighted by atomic mass is 10.1. The quantitative estimate of drug-likeness (QED) is 0.169. The normalized spacial score (nSPS) is 12.8. The van der Waals surface area contributed by atoms with Gasteiger partial charge in [0.2, 0.25) is 0 Å². The number of nitrogens with zero attached hydrogens (tertiary/aromatic N) is 2. The van der Waals surface area contributed by atoms with Gasteiger partial charge in [0, 0.05) is 35.4 Å². The van der Waals surface area contributed by atoms with Gasteiger partial charge in [-0.1, -0.05) is 31.2 Å². The highest BCUT2D eigenvalue weighted by Gasteiger charge is 2.34. The van der Waals surface area contributed by atoms with E-state index in [1.54, 1.807) is 41.4 Å². The number of carbonyl (C=O) groups excluding carboxylic acids is 2. The summed E-state index contributed by atoms with van der Waals surface area (Å²) < 4.78 is 53.0. The molecular formula is C30H26F4N6O2. The predicted molar refractivity (Wildman–Crippen MR) is 152 cm³/mol. The van der Waals surface area contributed by atoms with Crippen LogP contribution in [0.1, 0.15) is 29.2 Å². The highest BCUT2D eigenvalue weighted by atomic mass is 19.4. The minimum atomic E-state index is -4.84. The van der Waals surface area contributed by atoms with Gasteiger partial charge >= 0.3 is 18.2 Å². The number of aromatic nitrogens is 1. The van der Waals surface area contributed by atoms with Gasteiger partial charge in [-0.15, -0.1) is 0 Å². The lowest BCUT2D eigenvalue weighted by Crippen LogP contribution is -2.38. The van der Waals surface area contributed by atoms with E-state index in [9.17, 15) is 27.2 Å². The Labute approximate surface area is 238 Å². The number of anilines is 5. The second-order valence-corrected chi connectivity index (χ2v) is 9.61. The van der Waals surface area contributed by atoms with Crippen LogP contribution in [0.15, 0.2) is 79.0 Å². The highest BCUT2D eigenvalue weighted by Crippen LogP contribution is 2.35. The van der Waals surface area contributed by atoms with Crippen LogP contribution in [0.2, 0.25) is 0 Å². The molecule has 3 aromatic carbocycles. The molecule has 0 saturated carbocycles. The number of halogens is 4. The van der Waals surface area contributed by atoms with Crippen molar-refractivity contribution in [3.8, 4) is 0 Å². The second kappa shape index (κ2) is 11.8. The number of urea groups is 2. The van der Waals surface area contributed by atoms with Crippen LogP contribution in [0.4, 0.5) is 55.7 Å². The fourth-order valence-corrected chi connectivity index (χ4v) is 4.49. The molecule has 0 atom stereocenters. The van der Waals surface area contributed by atoms with Gasteiger partial charge in [0.15, 0.2) is 0 Å². The fourth-order valence-electron chi connectivity index (χ4n) is 4.49. The van der Waals surface area contributed by atoms with Crippen LogP contribution in [0.5, 0.6) is 0 Å². The lowest BCUT2D eigenvalue weighted by Gasteiger charge is -2.30. The van der Waals surface area contributed by atoms with Crippen LogP contribution in [0.25, 0.3) is 0 Å². The Morgan fingerprint density at radius 1 is 0.929 bits per heavy atom. The van der Waals surface area contributed by atoms with Gasteiger partial charge in [-0.05, 0) is 66.1 Å². The van der Waals surface area contributed by atoms with Crippen LogP contribution in [-0.2, 0) is 25.7 Å². The Balaban J connectivity index is 1.25. The number of hydrogen-bond acceptors (Lipinski definition) is 4. The SMILES string of the molecule is CCc1ccc(CN2Cc3c(Nc4ccc(NC(=O)Nc5ccc(F)cc5C(F)(F)F)cc4)ccnc3NC2=O)cc1. The van der Waals surface area contributed by atoms with Gasteiger partial charge in [-0.25, -0.2) is 19.0 Å². The van der Waals surface area contributed by atoms with Crippen LogP contribution in [-0.4, -0.2) is 21.9 Å². The van der Waals surface area contributed by atoms with Crippen molar-refractivity contribution < 1.29 is 27.2 Å². The summed E-state index contributed by atoms with van der Waals surface area (Å²) in [5, 5.41) is 10.7. The van der Waals surface area contributed by atoms with Gasteiger partial charge in [0.1, 0.15) is 11.6 Å². The first-order chi connectivity index (χ1) is 20.1. The van der Waals surface area contributed by atoms with Crippen molar-refractivity contribution in [3.63, 3.8) is 0 Å². The minimum absolute atomic E-state index is 0.247. The Kier molecular flexibility index (Phi) is 7.96. The summed E-state index contributed by atoms with van der Waals surface area (Å²) in [6, 6.07) is 17.2. The van der Waals surface area contributed by atoms with Gasteiger partial charge in [-0.3, -0.25) is 5.32 Å². The van der Waals surface area contributed by atoms with Gasteiger partial charge in [0.25, 0.3) is 0 Å². The number of amides is 4. The molecule has 2 heterocycles.